The zero-order valence-electron chi connectivity index (χ0n) is 17.4. The number of carboxylic acid groups (broad SMARTS) is 1. The largest absolute Gasteiger partial charge is 0.478 e. The van der Waals surface area contributed by atoms with E-state index in [2.05, 4.69) is 11.5 Å². The highest BCUT2D eigenvalue weighted by atomic mass is 35.5. The van der Waals surface area contributed by atoms with E-state index in [0.29, 0.717) is 49.9 Å². The Balaban J connectivity index is 1.93. The first-order valence-electron chi connectivity index (χ1n) is 10.5. The minimum atomic E-state index is -0.995. The SMILES string of the molecule is CCCc1c(C(=O)N2CCOCC2)c2ccc(C(=O)O)cc2n1Cc1ccccc1Cl. The number of halogens is 1. The number of hydrogen-bond donors (Lipinski definition) is 1. The molecule has 0 radical (unpaired) electrons. The van der Waals surface area contributed by atoms with Gasteiger partial charge in [-0.3, -0.25) is 4.79 Å². The molecule has 31 heavy (non-hydrogen) atoms. The highest BCUT2D eigenvalue weighted by Gasteiger charge is 2.27. The van der Waals surface area contributed by atoms with Gasteiger partial charge in [-0.25, -0.2) is 4.79 Å². The van der Waals surface area contributed by atoms with Crippen molar-refractivity contribution < 1.29 is 19.4 Å². The van der Waals surface area contributed by atoms with Gasteiger partial charge in [0.05, 0.1) is 29.9 Å². The number of fused-ring (bicyclic) bond motifs is 1. The number of carboxylic acids is 1. The van der Waals surface area contributed by atoms with E-state index >= 15 is 0 Å². The second-order valence-electron chi connectivity index (χ2n) is 7.69. The summed E-state index contributed by atoms with van der Waals surface area (Å²) in [6, 6.07) is 12.6. The van der Waals surface area contributed by atoms with Gasteiger partial charge in [0.1, 0.15) is 0 Å². The van der Waals surface area contributed by atoms with Crippen molar-refractivity contribution in [1.29, 1.82) is 0 Å². The first-order valence-corrected chi connectivity index (χ1v) is 10.9. The lowest BCUT2D eigenvalue weighted by molar-refractivity contribution is 0.0303. The van der Waals surface area contributed by atoms with Crippen molar-refractivity contribution in [1.82, 2.24) is 9.47 Å². The molecule has 0 atom stereocenters. The molecule has 0 unspecified atom stereocenters. The normalized spacial score (nSPS) is 14.2. The molecule has 1 aliphatic heterocycles. The summed E-state index contributed by atoms with van der Waals surface area (Å²) in [6.07, 6.45) is 1.56. The lowest BCUT2D eigenvalue weighted by Gasteiger charge is -2.27. The molecule has 1 saturated heterocycles. The number of rotatable bonds is 6. The number of hydrogen-bond acceptors (Lipinski definition) is 3. The van der Waals surface area contributed by atoms with Crippen LogP contribution in [0.25, 0.3) is 10.9 Å². The van der Waals surface area contributed by atoms with Gasteiger partial charge >= 0.3 is 5.97 Å². The van der Waals surface area contributed by atoms with Crippen LogP contribution in [-0.4, -0.2) is 52.8 Å². The molecule has 0 bridgehead atoms. The van der Waals surface area contributed by atoms with Gasteiger partial charge in [0.25, 0.3) is 5.91 Å². The fourth-order valence-electron chi connectivity index (χ4n) is 4.17. The van der Waals surface area contributed by atoms with Crippen LogP contribution in [0.2, 0.25) is 5.02 Å². The number of amides is 1. The van der Waals surface area contributed by atoms with Crippen molar-refractivity contribution in [3.63, 3.8) is 0 Å². The van der Waals surface area contributed by atoms with Crippen LogP contribution in [0.15, 0.2) is 42.5 Å². The van der Waals surface area contributed by atoms with Crippen molar-refractivity contribution in [3.8, 4) is 0 Å². The molecular formula is C24H25ClN2O4. The van der Waals surface area contributed by atoms with E-state index in [-0.39, 0.29) is 11.5 Å². The van der Waals surface area contributed by atoms with Crippen molar-refractivity contribution >= 4 is 34.4 Å². The molecule has 0 aliphatic carbocycles. The summed E-state index contributed by atoms with van der Waals surface area (Å²) in [4.78, 5) is 27.0. The van der Waals surface area contributed by atoms with Gasteiger partial charge in [0.15, 0.2) is 0 Å². The number of aromatic carboxylic acids is 1. The minimum absolute atomic E-state index is 0.0299. The van der Waals surface area contributed by atoms with Crippen LogP contribution in [0.5, 0.6) is 0 Å². The number of carbonyl (C=O) groups is 2. The Morgan fingerprint density at radius 3 is 2.55 bits per heavy atom. The first-order chi connectivity index (χ1) is 15.0. The van der Waals surface area contributed by atoms with Gasteiger partial charge < -0.3 is 19.3 Å². The van der Waals surface area contributed by atoms with E-state index in [1.54, 1.807) is 18.2 Å². The zero-order chi connectivity index (χ0) is 22.0. The van der Waals surface area contributed by atoms with Crippen LogP contribution in [0.4, 0.5) is 0 Å². The second kappa shape index (κ2) is 9.12. The summed E-state index contributed by atoms with van der Waals surface area (Å²) < 4.78 is 7.47. The average molecular weight is 441 g/mol. The maximum absolute atomic E-state index is 13.6. The predicted molar refractivity (Wildman–Crippen MR) is 120 cm³/mol. The number of nitrogens with zero attached hydrogens (tertiary/aromatic N) is 2. The third-order valence-electron chi connectivity index (χ3n) is 5.70. The monoisotopic (exact) mass is 440 g/mol. The third-order valence-corrected chi connectivity index (χ3v) is 6.07. The molecule has 1 aromatic heterocycles. The summed E-state index contributed by atoms with van der Waals surface area (Å²) >= 11 is 6.43. The summed E-state index contributed by atoms with van der Waals surface area (Å²) in [5.74, 6) is -1.02. The number of morpholine rings is 1. The molecule has 4 rings (SSSR count). The third kappa shape index (κ3) is 4.18. The van der Waals surface area contributed by atoms with Crippen LogP contribution in [0.1, 0.15) is 45.3 Å². The van der Waals surface area contributed by atoms with Gasteiger partial charge in [0, 0.05) is 35.7 Å². The van der Waals surface area contributed by atoms with Gasteiger partial charge in [0.2, 0.25) is 0 Å². The fourth-order valence-corrected chi connectivity index (χ4v) is 4.37. The van der Waals surface area contributed by atoms with E-state index in [1.165, 1.54) is 0 Å². The Morgan fingerprint density at radius 2 is 1.87 bits per heavy atom. The van der Waals surface area contributed by atoms with Gasteiger partial charge in [-0.15, -0.1) is 0 Å². The Kier molecular flexibility index (Phi) is 6.30. The molecule has 1 amide bonds. The maximum Gasteiger partial charge on any atom is 0.335 e. The standard InChI is InChI=1S/C24H25ClN2O4/c1-2-5-20-22(23(28)26-10-12-31-13-11-26)18-9-8-16(24(29)30)14-21(18)27(20)15-17-6-3-4-7-19(17)25/h3-4,6-9,14H,2,5,10-13,15H2,1H3,(H,29,30). The molecule has 2 heterocycles. The molecule has 1 N–H and O–H groups in total. The van der Waals surface area contributed by atoms with Gasteiger partial charge in [-0.1, -0.05) is 49.2 Å². The molecule has 0 saturated carbocycles. The quantitative estimate of drug-likeness (QED) is 0.614. The molecular weight excluding hydrogens is 416 g/mol. The van der Waals surface area contributed by atoms with Crippen LogP contribution in [0.3, 0.4) is 0 Å². The van der Waals surface area contributed by atoms with Crippen LogP contribution in [-0.2, 0) is 17.7 Å². The lowest BCUT2D eigenvalue weighted by Crippen LogP contribution is -2.41. The van der Waals surface area contributed by atoms with E-state index in [1.807, 2.05) is 29.2 Å². The second-order valence-corrected chi connectivity index (χ2v) is 8.10. The maximum atomic E-state index is 13.6. The topological polar surface area (TPSA) is 71.8 Å². The fraction of sp³-hybridized carbons (Fsp3) is 0.333. The van der Waals surface area contributed by atoms with Crippen LogP contribution in [0, 0.1) is 0 Å². The Morgan fingerprint density at radius 1 is 1.13 bits per heavy atom. The Labute approximate surface area is 186 Å². The molecule has 162 valence electrons. The van der Waals surface area contributed by atoms with Crippen molar-refractivity contribution in [2.24, 2.45) is 0 Å². The van der Waals surface area contributed by atoms with Gasteiger partial charge in [-0.2, -0.15) is 0 Å². The van der Waals surface area contributed by atoms with E-state index in [9.17, 15) is 14.7 Å². The molecule has 6 nitrogen and oxygen atoms in total. The summed E-state index contributed by atoms with van der Waals surface area (Å²) in [5, 5.41) is 11.0. The van der Waals surface area contributed by atoms with Crippen molar-refractivity contribution in [3.05, 3.63) is 69.9 Å². The highest BCUT2D eigenvalue weighted by Crippen LogP contribution is 2.32. The highest BCUT2D eigenvalue weighted by molar-refractivity contribution is 6.31. The number of benzene rings is 2. The summed E-state index contributed by atoms with van der Waals surface area (Å²) in [7, 11) is 0. The Hall–Kier alpha value is -2.83. The molecule has 7 heteroatoms. The molecule has 1 fully saturated rings. The Bertz CT molecular complexity index is 1130. The van der Waals surface area contributed by atoms with Crippen LogP contribution < -0.4 is 0 Å². The smallest absolute Gasteiger partial charge is 0.335 e. The zero-order valence-corrected chi connectivity index (χ0v) is 18.2. The van der Waals surface area contributed by atoms with Crippen molar-refractivity contribution in [2.75, 3.05) is 26.3 Å². The number of aromatic nitrogens is 1. The van der Waals surface area contributed by atoms with E-state index in [0.717, 1.165) is 28.6 Å². The molecule has 1 aliphatic rings. The van der Waals surface area contributed by atoms with E-state index < -0.39 is 5.97 Å². The van der Waals surface area contributed by atoms with Crippen LogP contribution >= 0.6 is 11.6 Å². The van der Waals surface area contributed by atoms with E-state index in [4.69, 9.17) is 16.3 Å². The summed E-state index contributed by atoms with van der Waals surface area (Å²) in [6.45, 7) is 4.68. The molecule has 3 aromatic rings. The molecule has 2 aromatic carbocycles. The van der Waals surface area contributed by atoms with Crippen molar-refractivity contribution in [2.45, 2.75) is 26.3 Å². The molecule has 0 spiro atoms. The predicted octanol–water partition coefficient (Wildman–Crippen LogP) is 4.47. The number of carbonyl (C=O) groups excluding carboxylic acids is 1. The summed E-state index contributed by atoms with van der Waals surface area (Å²) in [5.41, 5.74) is 3.42. The van der Waals surface area contributed by atoms with Gasteiger partial charge in [-0.05, 0) is 30.2 Å². The minimum Gasteiger partial charge on any atom is -0.478 e. The average Bonchev–Trinajstić information content (AvgIpc) is 3.08. The lowest BCUT2D eigenvalue weighted by atomic mass is 10.0. The number of ether oxygens (including phenoxy) is 1. The first kappa shape index (κ1) is 21.4.